The van der Waals surface area contributed by atoms with Gasteiger partial charge in [0.1, 0.15) is 5.60 Å². The fourth-order valence-corrected chi connectivity index (χ4v) is 0.638. The van der Waals surface area contributed by atoms with Crippen molar-refractivity contribution in [2.24, 2.45) is 0 Å². The van der Waals surface area contributed by atoms with Crippen LogP contribution in [0.4, 0.5) is 13.2 Å². The van der Waals surface area contributed by atoms with Gasteiger partial charge in [0.05, 0.1) is 0 Å². The minimum Gasteiger partial charge on any atom is -0.387 e. The number of halogens is 3. The van der Waals surface area contributed by atoms with Crippen molar-refractivity contribution < 1.29 is 18.3 Å². The van der Waals surface area contributed by atoms with E-state index in [0.29, 0.717) is 0 Å². The summed E-state index contributed by atoms with van der Waals surface area (Å²) in [5, 5.41) is 8.71. The summed E-state index contributed by atoms with van der Waals surface area (Å²) in [7, 11) is 0. The Morgan fingerprint density at radius 1 is 1.22 bits per heavy atom. The van der Waals surface area contributed by atoms with Crippen molar-refractivity contribution in [1.29, 1.82) is 0 Å². The second-order valence-electron chi connectivity index (χ2n) is 2.34. The molecule has 0 aliphatic heterocycles. The number of rotatable bonds is 2. The predicted molar refractivity (Wildman–Crippen MR) is 25.1 cm³/mol. The third-order valence-corrected chi connectivity index (χ3v) is 1.50. The van der Waals surface area contributed by atoms with E-state index >= 15 is 0 Å². The molecule has 0 aromatic carbocycles. The zero-order valence-electron chi connectivity index (χ0n) is 4.65. The Kier molecular flexibility index (Phi) is 1.42. The van der Waals surface area contributed by atoms with Crippen LogP contribution in [0.2, 0.25) is 0 Å². The quantitative estimate of drug-likeness (QED) is 0.609. The standard InChI is InChI=1S/C5H7F3O/c6-3(4(7)8)5(9)1-2-5/h3-4,9H,1-2H2. The molecule has 1 rings (SSSR count). The molecule has 54 valence electrons. The summed E-state index contributed by atoms with van der Waals surface area (Å²) in [6.07, 6.45) is -5.06. The Bertz CT molecular complexity index is 111. The van der Waals surface area contributed by atoms with Crippen LogP contribution in [-0.2, 0) is 0 Å². The summed E-state index contributed by atoms with van der Waals surface area (Å²) in [4.78, 5) is 0. The molecule has 1 atom stereocenters. The Labute approximate surface area is 50.5 Å². The molecule has 0 aromatic rings. The molecule has 0 amide bonds. The van der Waals surface area contributed by atoms with Gasteiger partial charge in [-0.05, 0) is 12.8 Å². The smallest absolute Gasteiger partial charge is 0.272 e. The molecule has 1 fully saturated rings. The van der Waals surface area contributed by atoms with E-state index < -0.39 is 18.2 Å². The van der Waals surface area contributed by atoms with E-state index in [2.05, 4.69) is 0 Å². The monoisotopic (exact) mass is 140 g/mol. The van der Waals surface area contributed by atoms with Crippen LogP contribution >= 0.6 is 0 Å². The summed E-state index contributed by atoms with van der Waals surface area (Å²) in [5.41, 5.74) is -1.69. The molecule has 4 heteroatoms. The highest BCUT2D eigenvalue weighted by Crippen LogP contribution is 2.42. The molecule has 9 heavy (non-hydrogen) atoms. The average Bonchev–Trinajstić information content (AvgIpc) is 2.47. The molecule has 1 N–H and O–H groups in total. The van der Waals surface area contributed by atoms with Gasteiger partial charge >= 0.3 is 0 Å². The molecule has 1 unspecified atom stereocenters. The van der Waals surface area contributed by atoms with Crippen LogP contribution in [0.1, 0.15) is 12.8 Å². The number of alkyl halides is 3. The lowest BCUT2D eigenvalue weighted by Gasteiger charge is -2.11. The molecule has 1 saturated carbocycles. The van der Waals surface area contributed by atoms with Gasteiger partial charge in [0.2, 0.25) is 0 Å². The Balaban J connectivity index is 2.42. The van der Waals surface area contributed by atoms with Crippen molar-refractivity contribution in [2.45, 2.75) is 31.0 Å². The molecular weight excluding hydrogens is 133 g/mol. The van der Waals surface area contributed by atoms with Gasteiger partial charge in [-0.25, -0.2) is 13.2 Å². The van der Waals surface area contributed by atoms with Gasteiger partial charge in [-0.2, -0.15) is 0 Å². The number of hydrogen-bond acceptors (Lipinski definition) is 1. The highest BCUT2D eigenvalue weighted by Gasteiger charge is 2.52. The zero-order chi connectivity index (χ0) is 7.07. The van der Waals surface area contributed by atoms with E-state index in [1.807, 2.05) is 0 Å². The van der Waals surface area contributed by atoms with Gasteiger partial charge < -0.3 is 5.11 Å². The zero-order valence-corrected chi connectivity index (χ0v) is 4.65. The molecule has 0 bridgehead atoms. The summed E-state index contributed by atoms with van der Waals surface area (Å²) in [6.45, 7) is 0. The van der Waals surface area contributed by atoms with Crippen LogP contribution in [-0.4, -0.2) is 23.3 Å². The molecule has 0 aromatic heterocycles. The number of hydrogen-bond donors (Lipinski definition) is 1. The maximum absolute atomic E-state index is 12.1. The first-order valence-corrected chi connectivity index (χ1v) is 2.71. The van der Waals surface area contributed by atoms with E-state index in [1.165, 1.54) is 0 Å². The summed E-state index contributed by atoms with van der Waals surface area (Å²) in [5.74, 6) is 0. The first-order chi connectivity index (χ1) is 4.06. The van der Waals surface area contributed by atoms with Gasteiger partial charge in [-0.3, -0.25) is 0 Å². The minimum absolute atomic E-state index is 0.165. The van der Waals surface area contributed by atoms with Crippen molar-refractivity contribution in [2.75, 3.05) is 0 Å². The molecule has 1 aliphatic rings. The predicted octanol–water partition coefficient (Wildman–Crippen LogP) is 1.11. The van der Waals surface area contributed by atoms with E-state index in [-0.39, 0.29) is 12.8 Å². The van der Waals surface area contributed by atoms with Gasteiger partial charge in [0, 0.05) is 0 Å². The topological polar surface area (TPSA) is 20.2 Å². The lowest BCUT2D eigenvalue weighted by Crippen LogP contribution is -2.30. The van der Waals surface area contributed by atoms with Crippen LogP contribution in [0.15, 0.2) is 0 Å². The second kappa shape index (κ2) is 1.87. The molecule has 0 heterocycles. The fraction of sp³-hybridized carbons (Fsp3) is 1.00. The Morgan fingerprint density at radius 2 is 1.67 bits per heavy atom. The van der Waals surface area contributed by atoms with E-state index in [0.717, 1.165) is 0 Å². The average molecular weight is 140 g/mol. The normalized spacial score (nSPS) is 26.3. The highest BCUT2D eigenvalue weighted by molar-refractivity contribution is 5.00. The Hall–Kier alpha value is -0.250. The summed E-state index contributed by atoms with van der Waals surface area (Å²) in [6, 6.07) is 0. The van der Waals surface area contributed by atoms with E-state index in [4.69, 9.17) is 5.11 Å². The lowest BCUT2D eigenvalue weighted by atomic mass is 10.2. The van der Waals surface area contributed by atoms with Crippen LogP contribution in [0.5, 0.6) is 0 Å². The molecule has 0 radical (unpaired) electrons. The highest BCUT2D eigenvalue weighted by atomic mass is 19.3. The van der Waals surface area contributed by atoms with E-state index in [1.54, 1.807) is 0 Å². The molecule has 1 aliphatic carbocycles. The third-order valence-electron chi connectivity index (χ3n) is 1.50. The van der Waals surface area contributed by atoms with E-state index in [9.17, 15) is 13.2 Å². The van der Waals surface area contributed by atoms with Gasteiger partial charge in [0.15, 0.2) is 6.17 Å². The van der Waals surface area contributed by atoms with Gasteiger partial charge in [0.25, 0.3) is 6.43 Å². The SMILES string of the molecule is OC1(C(F)C(F)F)CC1. The van der Waals surface area contributed by atoms with Crippen molar-refractivity contribution in [3.05, 3.63) is 0 Å². The summed E-state index contributed by atoms with van der Waals surface area (Å²) >= 11 is 0. The van der Waals surface area contributed by atoms with Crippen molar-refractivity contribution in [3.63, 3.8) is 0 Å². The first kappa shape index (κ1) is 6.86. The third kappa shape index (κ3) is 1.18. The maximum Gasteiger partial charge on any atom is 0.272 e. The van der Waals surface area contributed by atoms with Crippen LogP contribution in [0, 0.1) is 0 Å². The van der Waals surface area contributed by atoms with Crippen LogP contribution in [0.3, 0.4) is 0 Å². The fourth-order valence-electron chi connectivity index (χ4n) is 0.638. The molecule has 1 nitrogen and oxygen atoms in total. The van der Waals surface area contributed by atoms with Gasteiger partial charge in [-0.15, -0.1) is 0 Å². The summed E-state index contributed by atoms with van der Waals surface area (Å²) < 4.78 is 35.0. The largest absolute Gasteiger partial charge is 0.387 e. The molecular formula is C5H7F3O. The first-order valence-electron chi connectivity index (χ1n) is 2.71. The maximum atomic E-state index is 12.1. The van der Waals surface area contributed by atoms with Crippen molar-refractivity contribution in [1.82, 2.24) is 0 Å². The molecule has 0 spiro atoms. The molecule has 0 saturated heterocycles. The van der Waals surface area contributed by atoms with Crippen molar-refractivity contribution >= 4 is 0 Å². The van der Waals surface area contributed by atoms with Crippen molar-refractivity contribution in [3.8, 4) is 0 Å². The minimum atomic E-state index is -3.04. The van der Waals surface area contributed by atoms with Gasteiger partial charge in [-0.1, -0.05) is 0 Å². The lowest BCUT2D eigenvalue weighted by molar-refractivity contribution is -0.0428. The Morgan fingerprint density at radius 3 is 1.78 bits per heavy atom. The number of aliphatic hydroxyl groups is 1. The van der Waals surface area contributed by atoms with Crippen LogP contribution < -0.4 is 0 Å². The van der Waals surface area contributed by atoms with Crippen LogP contribution in [0.25, 0.3) is 0 Å². The second-order valence-corrected chi connectivity index (χ2v) is 2.34.